The molecule has 6 aromatic rings. The van der Waals surface area contributed by atoms with Gasteiger partial charge < -0.3 is 9.73 Å². The second-order valence-electron chi connectivity index (χ2n) is 8.32. The minimum atomic E-state index is -0.306. The Bertz CT molecular complexity index is 1810. The first kappa shape index (κ1) is 23.0. The number of nitrogens with zero attached hydrogens (tertiary/aromatic N) is 3. The molecule has 4 aromatic carbocycles. The van der Waals surface area contributed by atoms with Crippen LogP contribution in [0.15, 0.2) is 101 Å². The lowest BCUT2D eigenvalue weighted by atomic mass is 10.1. The van der Waals surface area contributed by atoms with Gasteiger partial charge in [0.05, 0.1) is 15.7 Å². The van der Waals surface area contributed by atoms with Crippen molar-refractivity contribution in [3.63, 3.8) is 0 Å². The first-order valence-corrected chi connectivity index (χ1v) is 12.2. The number of amides is 1. The summed E-state index contributed by atoms with van der Waals surface area (Å²) in [5.41, 5.74) is 3.58. The Morgan fingerprint density at radius 3 is 2.59 bits per heavy atom. The number of furan rings is 1. The molecule has 0 radical (unpaired) electrons. The number of anilines is 1. The zero-order valence-corrected chi connectivity index (χ0v) is 20.7. The van der Waals surface area contributed by atoms with Gasteiger partial charge in [-0.05, 0) is 60.0 Å². The van der Waals surface area contributed by atoms with E-state index in [4.69, 9.17) is 27.6 Å². The summed E-state index contributed by atoms with van der Waals surface area (Å²) in [6.45, 7) is 0. The lowest BCUT2D eigenvalue weighted by molar-refractivity contribution is -0.111. The van der Waals surface area contributed by atoms with Crippen molar-refractivity contribution in [3.8, 4) is 17.0 Å². The van der Waals surface area contributed by atoms with Crippen LogP contribution in [0.4, 0.5) is 5.69 Å². The average Bonchev–Trinajstić information content (AvgIpc) is 3.56. The lowest BCUT2D eigenvalue weighted by Gasteiger charge is -2.04. The third-order valence-electron chi connectivity index (χ3n) is 5.87. The summed E-state index contributed by atoms with van der Waals surface area (Å²) < 4.78 is 5.81. The Morgan fingerprint density at radius 1 is 0.865 bits per heavy atom. The molecule has 0 bridgehead atoms. The number of nitrogens with one attached hydrogen (secondary N) is 1. The molecule has 2 heterocycles. The maximum atomic E-state index is 12.6. The van der Waals surface area contributed by atoms with E-state index in [1.165, 1.54) is 6.08 Å². The number of hydrogen-bond acceptors (Lipinski definition) is 4. The van der Waals surface area contributed by atoms with E-state index in [0.717, 1.165) is 22.0 Å². The summed E-state index contributed by atoms with van der Waals surface area (Å²) in [5.74, 6) is 0.765. The van der Waals surface area contributed by atoms with Crippen LogP contribution in [0.2, 0.25) is 10.0 Å². The standard InChI is InChI=1S/C29H18Cl2N4O2/c30-23-9-4-8-22(29(23)31)27-15-12-20(37-27)13-16-28(36)32-19-11-14-24-25(17-19)34-35(33-24)26-10-3-6-18-5-1-2-7-21(18)26/h1-17H,(H,32,36). The van der Waals surface area contributed by atoms with Crippen molar-refractivity contribution in [1.29, 1.82) is 0 Å². The Kier molecular flexibility index (Phi) is 5.96. The highest BCUT2D eigenvalue weighted by Gasteiger charge is 2.11. The molecular weight excluding hydrogens is 507 g/mol. The fraction of sp³-hybridized carbons (Fsp3) is 0. The molecule has 0 fully saturated rings. The van der Waals surface area contributed by atoms with E-state index in [0.29, 0.717) is 38.3 Å². The predicted octanol–water partition coefficient (Wildman–Crippen LogP) is 7.79. The van der Waals surface area contributed by atoms with Crippen LogP contribution >= 0.6 is 23.2 Å². The number of hydrogen-bond donors (Lipinski definition) is 1. The Morgan fingerprint density at radius 2 is 1.68 bits per heavy atom. The molecule has 0 aliphatic carbocycles. The molecule has 1 N–H and O–H groups in total. The van der Waals surface area contributed by atoms with Crippen LogP contribution in [0.5, 0.6) is 0 Å². The summed E-state index contributed by atoms with van der Waals surface area (Å²) >= 11 is 12.4. The fourth-order valence-corrected chi connectivity index (χ4v) is 4.50. The Labute approximate surface area is 221 Å². The molecule has 180 valence electrons. The number of rotatable bonds is 5. The summed E-state index contributed by atoms with van der Waals surface area (Å²) in [6.07, 6.45) is 2.99. The molecule has 0 saturated heterocycles. The third-order valence-corrected chi connectivity index (χ3v) is 6.69. The quantitative estimate of drug-likeness (QED) is 0.233. The SMILES string of the molecule is O=C(C=Cc1ccc(-c2cccc(Cl)c2Cl)o1)Nc1ccc2nn(-c3cccc4ccccc34)nc2c1. The number of fused-ring (bicyclic) bond motifs is 2. The van der Waals surface area contributed by atoms with Gasteiger partial charge in [0, 0.05) is 22.7 Å². The highest BCUT2D eigenvalue weighted by molar-refractivity contribution is 6.43. The molecule has 0 unspecified atom stereocenters. The molecule has 2 aromatic heterocycles. The molecule has 1 amide bonds. The molecular formula is C29H18Cl2N4O2. The summed E-state index contributed by atoms with van der Waals surface area (Å²) in [5, 5.41) is 15.1. The number of halogens is 2. The van der Waals surface area contributed by atoms with Gasteiger partial charge in [-0.15, -0.1) is 15.0 Å². The molecule has 0 aliphatic heterocycles. The van der Waals surface area contributed by atoms with Crippen LogP contribution in [0.25, 0.3) is 44.9 Å². The molecule has 0 saturated carbocycles. The van der Waals surface area contributed by atoms with Gasteiger partial charge in [-0.1, -0.05) is 65.7 Å². The number of aromatic nitrogens is 3. The molecule has 8 heteroatoms. The van der Waals surface area contributed by atoms with Crippen LogP contribution < -0.4 is 5.32 Å². The van der Waals surface area contributed by atoms with Crippen LogP contribution in [0.3, 0.4) is 0 Å². The van der Waals surface area contributed by atoms with Crippen molar-refractivity contribution in [2.75, 3.05) is 5.32 Å². The van der Waals surface area contributed by atoms with Crippen LogP contribution in [0, 0.1) is 0 Å². The lowest BCUT2D eigenvalue weighted by Crippen LogP contribution is -2.07. The van der Waals surface area contributed by atoms with Crippen LogP contribution in [0.1, 0.15) is 5.76 Å². The van der Waals surface area contributed by atoms with Gasteiger partial charge in [0.2, 0.25) is 5.91 Å². The van der Waals surface area contributed by atoms with Gasteiger partial charge in [-0.2, -0.15) is 0 Å². The molecule has 0 atom stereocenters. The van der Waals surface area contributed by atoms with Crippen molar-refractivity contribution in [2.45, 2.75) is 0 Å². The van der Waals surface area contributed by atoms with Gasteiger partial charge in [0.25, 0.3) is 0 Å². The van der Waals surface area contributed by atoms with E-state index < -0.39 is 0 Å². The van der Waals surface area contributed by atoms with Crippen LogP contribution in [-0.4, -0.2) is 20.9 Å². The minimum absolute atomic E-state index is 0.306. The zero-order chi connectivity index (χ0) is 25.4. The molecule has 6 nitrogen and oxygen atoms in total. The van der Waals surface area contributed by atoms with E-state index in [2.05, 4.69) is 27.6 Å². The first-order chi connectivity index (χ1) is 18.0. The van der Waals surface area contributed by atoms with Crippen molar-refractivity contribution >= 4 is 62.7 Å². The average molecular weight is 525 g/mol. The van der Waals surface area contributed by atoms with E-state index in [9.17, 15) is 4.79 Å². The Balaban J connectivity index is 1.19. The second-order valence-corrected chi connectivity index (χ2v) is 9.10. The molecule has 0 aliphatic rings. The molecule has 0 spiro atoms. The topological polar surface area (TPSA) is 73.0 Å². The summed E-state index contributed by atoms with van der Waals surface area (Å²) in [6, 6.07) is 28.4. The number of benzene rings is 4. The van der Waals surface area contributed by atoms with Gasteiger partial charge >= 0.3 is 0 Å². The normalized spacial score (nSPS) is 11.5. The van der Waals surface area contributed by atoms with Gasteiger partial charge in [0.15, 0.2) is 0 Å². The van der Waals surface area contributed by atoms with E-state index >= 15 is 0 Å². The predicted molar refractivity (Wildman–Crippen MR) is 148 cm³/mol. The number of carbonyl (C=O) groups is 1. The van der Waals surface area contributed by atoms with E-state index in [1.807, 2.05) is 42.5 Å². The minimum Gasteiger partial charge on any atom is -0.457 e. The molecule has 6 rings (SSSR count). The highest BCUT2D eigenvalue weighted by atomic mass is 35.5. The van der Waals surface area contributed by atoms with Crippen LogP contribution in [-0.2, 0) is 4.79 Å². The fourth-order valence-electron chi connectivity index (χ4n) is 4.11. The van der Waals surface area contributed by atoms with Crippen molar-refractivity contribution in [1.82, 2.24) is 15.0 Å². The zero-order valence-electron chi connectivity index (χ0n) is 19.2. The highest BCUT2D eigenvalue weighted by Crippen LogP contribution is 2.34. The maximum Gasteiger partial charge on any atom is 0.248 e. The summed E-state index contributed by atoms with van der Waals surface area (Å²) in [7, 11) is 0. The maximum absolute atomic E-state index is 12.6. The monoisotopic (exact) mass is 524 g/mol. The van der Waals surface area contributed by atoms with Gasteiger partial charge in [-0.3, -0.25) is 4.79 Å². The second kappa shape index (κ2) is 9.58. The number of carbonyl (C=O) groups excluding carboxylic acids is 1. The van der Waals surface area contributed by atoms with Crippen molar-refractivity contribution < 1.29 is 9.21 Å². The van der Waals surface area contributed by atoms with Crippen molar-refractivity contribution in [3.05, 3.63) is 113 Å². The van der Waals surface area contributed by atoms with Gasteiger partial charge in [-0.25, -0.2) is 0 Å². The van der Waals surface area contributed by atoms with E-state index in [1.54, 1.807) is 47.3 Å². The summed E-state index contributed by atoms with van der Waals surface area (Å²) in [4.78, 5) is 14.2. The largest absolute Gasteiger partial charge is 0.457 e. The van der Waals surface area contributed by atoms with E-state index in [-0.39, 0.29) is 5.91 Å². The Hall–Kier alpha value is -4.39. The first-order valence-electron chi connectivity index (χ1n) is 11.4. The third kappa shape index (κ3) is 4.60. The van der Waals surface area contributed by atoms with Gasteiger partial charge in [0.1, 0.15) is 22.6 Å². The van der Waals surface area contributed by atoms with Crippen molar-refractivity contribution in [2.24, 2.45) is 0 Å². The smallest absolute Gasteiger partial charge is 0.248 e. The molecule has 37 heavy (non-hydrogen) atoms.